The maximum absolute atomic E-state index is 6.56. The summed E-state index contributed by atoms with van der Waals surface area (Å²) in [4.78, 5) is 2.55. The summed E-state index contributed by atoms with van der Waals surface area (Å²) >= 11 is 6.56. The monoisotopic (exact) mass is 396 g/mol. The number of hydrogen-bond donors (Lipinski definition) is 1. The van der Waals surface area contributed by atoms with E-state index in [0.29, 0.717) is 12.8 Å². The molecule has 1 N–H and O–H groups in total. The van der Waals surface area contributed by atoms with E-state index in [1.165, 1.54) is 24.8 Å². The second-order valence-corrected chi connectivity index (χ2v) is 6.43. The van der Waals surface area contributed by atoms with Crippen molar-refractivity contribution in [1.29, 1.82) is 0 Å². The van der Waals surface area contributed by atoms with Crippen molar-refractivity contribution in [1.82, 2.24) is 10.2 Å². The van der Waals surface area contributed by atoms with Crippen LogP contribution in [0, 0.1) is 0 Å². The van der Waals surface area contributed by atoms with Crippen molar-refractivity contribution in [3.8, 4) is 11.5 Å². The molecule has 0 unspecified atom stereocenters. The molecular weight excluding hydrogens is 371 g/mol. The Morgan fingerprint density at radius 1 is 1.12 bits per heavy atom. The Balaban J connectivity index is 0.00000144. The standard InChI is InChI=1S/C17H25ClN2O2.2ClH/c1-2-3-4-5-15(20-8-6-19-7-9-20)13-10-16-17(11-14(13)18)22-12-21-16;;/h10-11,15,19H,2-9,12H2,1H3;2*1H/t15-;;/m0../s1. The maximum Gasteiger partial charge on any atom is 0.231 e. The zero-order chi connectivity index (χ0) is 15.4. The summed E-state index contributed by atoms with van der Waals surface area (Å²) in [5.74, 6) is 1.59. The van der Waals surface area contributed by atoms with E-state index >= 15 is 0 Å². The van der Waals surface area contributed by atoms with Crippen LogP contribution in [0.2, 0.25) is 5.02 Å². The van der Waals surface area contributed by atoms with Crippen LogP contribution in [0.25, 0.3) is 0 Å². The Labute approximate surface area is 162 Å². The van der Waals surface area contributed by atoms with Crippen LogP contribution in [0.1, 0.15) is 44.2 Å². The molecule has 2 heterocycles. The molecule has 0 radical (unpaired) electrons. The summed E-state index contributed by atoms with van der Waals surface area (Å²) in [5, 5.41) is 4.22. The second-order valence-electron chi connectivity index (χ2n) is 6.02. The van der Waals surface area contributed by atoms with Gasteiger partial charge in [-0.25, -0.2) is 0 Å². The molecule has 0 bridgehead atoms. The normalized spacial score (nSPS) is 17.8. The maximum atomic E-state index is 6.56. The third kappa shape index (κ3) is 5.06. The summed E-state index contributed by atoms with van der Waals surface area (Å²) in [7, 11) is 0. The molecule has 4 nitrogen and oxygen atoms in total. The summed E-state index contributed by atoms with van der Waals surface area (Å²) in [6.07, 6.45) is 4.89. The molecule has 7 heteroatoms. The minimum Gasteiger partial charge on any atom is -0.454 e. The number of unbranched alkanes of at least 4 members (excludes halogenated alkanes) is 2. The van der Waals surface area contributed by atoms with Gasteiger partial charge in [-0.15, -0.1) is 24.8 Å². The fraction of sp³-hybridized carbons (Fsp3) is 0.647. The highest BCUT2D eigenvalue weighted by Gasteiger charge is 2.26. The van der Waals surface area contributed by atoms with Crippen LogP contribution in [-0.4, -0.2) is 37.9 Å². The number of hydrogen-bond acceptors (Lipinski definition) is 4. The average Bonchev–Trinajstić information content (AvgIpc) is 2.99. The number of piperazine rings is 1. The quantitative estimate of drug-likeness (QED) is 0.720. The van der Waals surface area contributed by atoms with Crippen LogP contribution in [0.4, 0.5) is 0 Å². The van der Waals surface area contributed by atoms with Crippen molar-refractivity contribution < 1.29 is 9.47 Å². The fourth-order valence-corrected chi connectivity index (χ4v) is 3.58. The molecule has 0 aliphatic carbocycles. The van der Waals surface area contributed by atoms with E-state index in [2.05, 4.69) is 23.2 Å². The van der Waals surface area contributed by atoms with E-state index in [1.807, 2.05) is 6.07 Å². The highest BCUT2D eigenvalue weighted by molar-refractivity contribution is 6.31. The smallest absolute Gasteiger partial charge is 0.231 e. The predicted octanol–water partition coefficient (Wildman–Crippen LogP) is 4.44. The molecule has 2 aliphatic rings. The fourth-order valence-electron chi connectivity index (χ4n) is 3.30. The minimum absolute atomic E-state index is 0. The van der Waals surface area contributed by atoms with Gasteiger partial charge in [0, 0.05) is 43.3 Å². The third-order valence-electron chi connectivity index (χ3n) is 4.52. The largest absolute Gasteiger partial charge is 0.454 e. The molecule has 1 saturated heterocycles. The lowest BCUT2D eigenvalue weighted by Gasteiger charge is -2.35. The van der Waals surface area contributed by atoms with Crippen molar-refractivity contribution >= 4 is 36.4 Å². The van der Waals surface area contributed by atoms with Crippen LogP contribution in [0.15, 0.2) is 12.1 Å². The highest BCUT2D eigenvalue weighted by Crippen LogP contribution is 2.41. The molecule has 1 aromatic rings. The Kier molecular flexibility index (Phi) is 9.53. The molecule has 0 saturated carbocycles. The van der Waals surface area contributed by atoms with Gasteiger partial charge in [0.25, 0.3) is 0 Å². The van der Waals surface area contributed by atoms with E-state index < -0.39 is 0 Å². The van der Waals surface area contributed by atoms with Crippen LogP contribution in [0.5, 0.6) is 11.5 Å². The molecule has 1 fully saturated rings. The van der Waals surface area contributed by atoms with Gasteiger partial charge < -0.3 is 14.8 Å². The molecule has 138 valence electrons. The third-order valence-corrected chi connectivity index (χ3v) is 4.85. The molecule has 24 heavy (non-hydrogen) atoms. The van der Waals surface area contributed by atoms with Gasteiger partial charge in [0.2, 0.25) is 6.79 Å². The molecule has 3 rings (SSSR count). The molecule has 0 spiro atoms. The number of fused-ring (bicyclic) bond motifs is 1. The first kappa shape index (κ1) is 21.7. The second kappa shape index (κ2) is 10.6. The first-order chi connectivity index (χ1) is 10.8. The van der Waals surface area contributed by atoms with Gasteiger partial charge in [-0.3, -0.25) is 4.90 Å². The van der Waals surface area contributed by atoms with Crippen molar-refractivity contribution in [2.75, 3.05) is 33.0 Å². The zero-order valence-electron chi connectivity index (χ0n) is 14.1. The van der Waals surface area contributed by atoms with Crippen molar-refractivity contribution in [2.24, 2.45) is 0 Å². The lowest BCUT2D eigenvalue weighted by Crippen LogP contribution is -2.45. The Morgan fingerprint density at radius 2 is 1.79 bits per heavy atom. The van der Waals surface area contributed by atoms with E-state index in [9.17, 15) is 0 Å². The van der Waals surface area contributed by atoms with Crippen LogP contribution >= 0.6 is 36.4 Å². The van der Waals surface area contributed by atoms with Crippen LogP contribution in [0.3, 0.4) is 0 Å². The van der Waals surface area contributed by atoms with Crippen LogP contribution < -0.4 is 14.8 Å². The highest BCUT2D eigenvalue weighted by atomic mass is 35.5. The topological polar surface area (TPSA) is 33.7 Å². The van der Waals surface area contributed by atoms with Gasteiger partial charge in [0.1, 0.15) is 0 Å². The van der Waals surface area contributed by atoms with Gasteiger partial charge in [-0.1, -0.05) is 37.8 Å². The lowest BCUT2D eigenvalue weighted by molar-refractivity contribution is 0.162. The Hall–Kier alpha value is -0.390. The summed E-state index contributed by atoms with van der Waals surface area (Å²) < 4.78 is 11.0. The first-order valence-electron chi connectivity index (χ1n) is 8.33. The molecule has 1 aromatic carbocycles. The number of rotatable bonds is 6. The van der Waals surface area contributed by atoms with Crippen molar-refractivity contribution in [3.63, 3.8) is 0 Å². The van der Waals surface area contributed by atoms with Gasteiger partial charge >= 0.3 is 0 Å². The summed E-state index contributed by atoms with van der Waals surface area (Å²) in [6.45, 7) is 6.78. The molecule has 0 aromatic heterocycles. The minimum atomic E-state index is 0. The molecule has 1 atom stereocenters. The van der Waals surface area contributed by atoms with Gasteiger partial charge in [-0.05, 0) is 18.1 Å². The predicted molar refractivity (Wildman–Crippen MR) is 103 cm³/mol. The SMILES string of the molecule is CCCCC[C@@H](c1cc2c(cc1Cl)OCO2)N1CCNCC1.Cl.Cl. The average molecular weight is 398 g/mol. The van der Waals surface area contributed by atoms with Crippen molar-refractivity contribution in [3.05, 3.63) is 22.7 Å². The summed E-state index contributed by atoms with van der Waals surface area (Å²) in [5.41, 5.74) is 1.18. The van der Waals surface area contributed by atoms with E-state index in [1.54, 1.807) is 0 Å². The summed E-state index contributed by atoms with van der Waals surface area (Å²) in [6, 6.07) is 4.37. The Bertz CT molecular complexity index is 511. The number of benzene rings is 1. The molecular formula is C17H27Cl3N2O2. The van der Waals surface area contributed by atoms with Gasteiger partial charge in [-0.2, -0.15) is 0 Å². The van der Waals surface area contributed by atoms with E-state index in [-0.39, 0.29) is 24.8 Å². The van der Waals surface area contributed by atoms with Crippen molar-refractivity contribution in [2.45, 2.75) is 38.6 Å². The number of ether oxygens (including phenoxy) is 2. The number of nitrogens with zero attached hydrogens (tertiary/aromatic N) is 1. The van der Waals surface area contributed by atoms with Gasteiger partial charge in [0.15, 0.2) is 11.5 Å². The zero-order valence-corrected chi connectivity index (χ0v) is 16.4. The number of nitrogens with one attached hydrogen (secondary N) is 1. The number of halogens is 3. The Morgan fingerprint density at radius 3 is 2.46 bits per heavy atom. The van der Waals surface area contributed by atoms with Gasteiger partial charge in [0.05, 0.1) is 0 Å². The van der Waals surface area contributed by atoms with E-state index in [0.717, 1.165) is 49.1 Å². The lowest BCUT2D eigenvalue weighted by atomic mass is 9.97. The first-order valence-corrected chi connectivity index (χ1v) is 8.71. The molecule has 2 aliphatic heterocycles. The molecule has 0 amide bonds. The van der Waals surface area contributed by atoms with Crippen LogP contribution in [-0.2, 0) is 0 Å². The van der Waals surface area contributed by atoms with E-state index in [4.69, 9.17) is 21.1 Å².